The van der Waals surface area contributed by atoms with Gasteiger partial charge in [-0.3, -0.25) is 4.90 Å². The van der Waals surface area contributed by atoms with E-state index in [1.807, 2.05) is 24.3 Å². The van der Waals surface area contributed by atoms with Crippen LogP contribution in [0.25, 0.3) is 0 Å². The summed E-state index contributed by atoms with van der Waals surface area (Å²) in [6, 6.07) is 8.99. The predicted octanol–water partition coefficient (Wildman–Crippen LogP) is 3.99. The molecule has 0 bridgehead atoms. The van der Waals surface area contributed by atoms with E-state index in [2.05, 4.69) is 49.4 Å². The van der Waals surface area contributed by atoms with Crippen LogP contribution < -0.4 is 5.73 Å². The Bertz CT molecular complexity index is 535. The molecular weight excluding hydrogens is 280 g/mol. The van der Waals surface area contributed by atoms with E-state index in [9.17, 15) is 0 Å². The molecule has 2 rings (SSSR count). The number of hydrogen-bond donors (Lipinski definition) is 1. The van der Waals surface area contributed by atoms with Gasteiger partial charge in [-0.05, 0) is 57.3 Å². The molecule has 0 spiro atoms. The normalized spacial score (nSPS) is 16.1. The Labute approximate surface area is 131 Å². The number of rotatable bonds is 7. The summed E-state index contributed by atoms with van der Waals surface area (Å²) in [5.74, 6) is 1.92. The second kappa shape index (κ2) is 7.25. The average Bonchev–Trinajstić information content (AvgIpc) is 3.10. The van der Waals surface area contributed by atoms with Crippen molar-refractivity contribution in [2.75, 3.05) is 7.05 Å². The van der Waals surface area contributed by atoms with Gasteiger partial charge >= 0.3 is 0 Å². The van der Waals surface area contributed by atoms with Gasteiger partial charge in [0.05, 0.1) is 6.04 Å². The summed E-state index contributed by atoms with van der Waals surface area (Å²) in [7, 11) is 2.15. The lowest BCUT2D eigenvalue weighted by Gasteiger charge is -2.35. The smallest absolute Gasteiger partial charge is 0.122 e. The Morgan fingerprint density at radius 2 is 2.10 bits per heavy atom. The molecule has 2 N–H and O–H groups in total. The van der Waals surface area contributed by atoms with Crippen molar-refractivity contribution in [2.45, 2.75) is 51.7 Å². The van der Waals surface area contributed by atoms with Crippen molar-refractivity contribution in [3.05, 3.63) is 46.0 Å². The third-order valence-corrected chi connectivity index (χ3v) is 5.04. The molecule has 2 aromatic heterocycles. The van der Waals surface area contributed by atoms with Crippen LogP contribution in [0.5, 0.6) is 0 Å². The third-order valence-electron chi connectivity index (χ3n) is 4.14. The molecule has 4 heteroatoms. The summed E-state index contributed by atoms with van der Waals surface area (Å²) < 4.78 is 5.86. The molecule has 0 aliphatic carbocycles. The van der Waals surface area contributed by atoms with Gasteiger partial charge in [-0.1, -0.05) is 13.0 Å². The van der Waals surface area contributed by atoms with E-state index in [0.29, 0.717) is 6.04 Å². The van der Waals surface area contributed by atoms with Crippen LogP contribution in [0.4, 0.5) is 0 Å². The first-order chi connectivity index (χ1) is 10.0. The molecule has 2 heterocycles. The molecule has 2 aromatic rings. The van der Waals surface area contributed by atoms with Crippen LogP contribution in [0.15, 0.2) is 34.1 Å². The standard InChI is InChI=1S/C17H26N2OS/c1-5-15(18)17(16-9-8-13(3)20-16)19(4)12(2)11-14-7-6-10-21-14/h6-10,12,15,17H,5,11,18H2,1-4H3. The third kappa shape index (κ3) is 3.96. The van der Waals surface area contributed by atoms with E-state index < -0.39 is 0 Å². The van der Waals surface area contributed by atoms with Gasteiger partial charge in [-0.2, -0.15) is 0 Å². The van der Waals surface area contributed by atoms with Gasteiger partial charge in [-0.25, -0.2) is 0 Å². The highest BCUT2D eigenvalue weighted by molar-refractivity contribution is 7.09. The molecule has 0 saturated carbocycles. The number of aryl methyl sites for hydroxylation is 1. The largest absolute Gasteiger partial charge is 0.465 e. The molecule has 0 amide bonds. The summed E-state index contributed by atoms with van der Waals surface area (Å²) in [4.78, 5) is 3.76. The maximum absolute atomic E-state index is 6.37. The minimum Gasteiger partial charge on any atom is -0.465 e. The van der Waals surface area contributed by atoms with Crippen LogP contribution in [0.2, 0.25) is 0 Å². The average molecular weight is 306 g/mol. The monoisotopic (exact) mass is 306 g/mol. The Balaban J connectivity index is 2.15. The van der Waals surface area contributed by atoms with Crippen LogP contribution in [0.1, 0.15) is 42.7 Å². The minimum atomic E-state index is 0.0753. The zero-order chi connectivity index (χ0) is 15.4. The molecule has 3 unspecified atom stereocenters. The fourth-order valence-corrected chi connectivity index (χ4v) is 3.51. The van der Waals surface area contributed by atoms with Crippen molar-refractivity contribution in [1.29, 1.82) is 0 Å². The predicted molar refractivity (Wildman–Crippen MR) is 89.7 cm³/mol. The van der Waals surface area contributed by atoms with Crippen LogP contribution in [0, 0.1) is 6.92 Å². The highest BCUT2D eigenvalue weighted by Crippen LogP contribution is 2.28. The summed E-state index contributed by atoms with van der Waals surface area (Å²) in [5, 5.41) is 2.13. The molecule has 0 aliphatic heterocycles. The lowest BCUT2D eigenvalue weighted by atomic mass is 10.00. The Morgan fingerprint density at radius 1 is 1.33 bits per heavy atom. The lowest BCUT2D eigenvalue weighted by molar-refractivity contribution is 0.137. The second-order valence-corrected chi connectivity index (χ2v) is 6.80. The number of hydrogen-bond acceptors (Lipinski definition) is 4. The summed E-state index contributed by atoms with van der Waals surface area (Å²) >= 11 is 1.81. The van der Waals surface area contributed by atoms with Crippen molar-refractivity contribution >= 4 is 11.3 Å². The topological polar surface area (TPSA) is 42.4 Å². The number of furan rings is 1. The van der Waals surface area contributed by atoms with Crippen LogP contribution in [0.3, 0.4) is 0 Å². The first kappa shape index (κ1) is 16.3. The minimum absolute atomic E-state index is 0.0753. The summed E-state index contributed by atoms with van der Waals surface area (Å²) in [6.45, 7) is 6.36. The first-order valence-electron chi connectivity index (χ1n) is 7.59. The van der Waals surface area contributed by atoms with E-state index in [0.717, 1.165) is 24.4 Å². The van der Waals surface area contributed by atoms with Gasteiger partial charge in [0.25, 0.3) is 0 Å². The van der Waals surface area contributed by atoms with Crippen molar-refractivity contribution in [3.63, 3.8) is 0 Å². The molecule has 0 aliphatic rings. The number of likely N-dealkylation sites (N-methyl/N-ethyl adjacent to an activating group) is 1. The SMILES string of the molecule is CCC(N)C(c1ccc(C)o1)N(C)C(C)Cc1cccs1. The first-order valence-corrected chi connectivity index (χ1v) is 8.47. The Morgan fingerprint density at radius 3 is 2.62 bits per heavy atom. The Kier molecular flexibility index (Phi) is 5.62. The fraction of sp³-hybridized carbons (Fsp3) is 0.529. The second-order valence-electron chi connectivity index (χ2n) is 5.76. The molecule has 0 saturated heterocycles. The van der Waals surface area contributed by atoms with Crippen LogP contribution >= 0.6 is 11.3 Å². The number of nitrogens with zero attached hydrogens (tertiary/aromatic N) is 1. The van der Waals surface area contributed by atoms with Crippen LogP contribution in [-0.4, -0.2) is 24.0 Å². The van der Waals surface area contributed by atoms with Crippen LogP contribution in [-0.2, 0) is 6.42 Å². The van der Waals surface area contributed by atoms with E-state index in [4.69, 9.17) is 10.2 Å². The zero-order valence-corrected chi connectivity index (χ0v) is 14.2. The zero-order valence-electron chi connectivity index (χ0n) is 13.4. The van der Waals surface area contributed by atoms with Gasteiger partial charge in [0, 0.05) is 17.0 Å². The van der Waals surface area contributed by atoms with Crippen molar-refractivity contribution in [1.82, 2.24) is 4.90 Å². The fourth-order valence-electron chi connectivity index (χ4n) is 2.69. The van der Waals surface area contributed by atoms with Crippen molar-refractivity contribution < 1.29 is 4.42 Å². The molecule has 116 valence electrons. The lowest BCUT2D eigenvalue weighted by Crippen LogP contribution is -2.43. The van der Waals surface area contributed by atoms with Gasteiger partial charge < -0.3 is 10.2 Å². The maximum atomic E-state index is 6.37. The summed E-state index contributed by atoms with van der Waals surface area (Å²) in [5.41, 5.74) is 6.37. The molecule has 0 fully saturated rings. The number of thiophene rings is 1. The quantitative estimate of drug-likeness (QED) is 0.841. The van der Waals surface area contributed by atoms with Gasteiger partial charge in [0.15, 0.2) is 0 Å². The Hall–Kier alpha value is -1.10. The van der Waals surface area contributed by atoms with E-state index >= 15 is 0 Å². The highest BCUT2D eigenvalue weighted by Gasteiger charge is 2.29. The summed E-state index contributed by atoms with van der Waals surface area (Å²) in [6.07, 6.45) is 1.97. The number of nitrogens with two attached hydrogens (primary N) is 1. The van der Waals surface area contributed by atoms with Crippen molar-refractivity contribution in [2.24, 2.45) is 5.73 Å². The maximum Gasteiger partial charge on any atom is 0.122 e. The van der Waals surface area contributed by atoms with Gasteiger partial charge in [-0.15, -0.1) is 11.3 Å². The molecular formula is C17H26N2OS. The molecule has 0 radical (unpaired) electrons. The van der Waals surface area contributed by atoms with Gasteiger partial charge in [0.2, 0.25) is 0 Å². The van der Waals surface area contributed by atoms with E-state index in [-0.39, 0.29) is 12.1 Å². The van der Waals surface area contributed by atoms with E-state index in [1.54, 1.807) is 0 Å². The van der Waals surface area contributed by atoms with E-state index in [1.165, 1.54) is 4.88 Å². The molecule has 3 atom stereocenters. The molecule has 3 nitrogen and oxygen atoms in total. The van der Waals surface area contributed by atoms with Crippen molar-refractivity contribution in [3.8, 4) is 0 Å². The molecule has 21 heavy (non-hydrogen) atoms. The van der Waals surface area contributed by atoms with Gasteiger partial charge in [0.1, 0.15) is 11.5 Å². The molecule has 0 aromatic carbocycles. The highest BCUT2D eigenvalue weighted by atomic mass is 32.1.